The minimum atomic E-state index is -0.438. The summed E-state index contributed by atoms with van der Waals surface area (Å²) < 4.78 is 5.47. The standard InChI is InChI=1S/C14H20O2/c1-14(2,3)13(15)10-7-11-16-12-8-5-4-6-9-12/h4-10,13,15H,11H2,1-3H3/b10-7-. The predicted molar refractivity (Wildman–Crippen MR) is 66.5 cm³/mol. The molecule has 0 aliphatic rings. The van der Waals surface area contributed by atoms with Crippen LogP contribution in [-0.4, -0.2) is 17.8 Å². The van der Waals surface area contributed by atoms with Crippen molar-refractivity contribution >= 4 is 0 Å². The summed E-state index contributed by atoms with van der Waals surface area (Å²) in [6.45, 7) is 6.48. The van der Waals surface area contributed by atoms with Crippen molar-refractivity contribution in [2.45, 2.75) is 26.9 Å². The maximum absolute atomic E-state index is 9.74. The van der Waals surface area contributed by atoms with Gasteiger partial charge in [0.1, 0.15) is 12.4 Å². The van der Waals surface area contributed by atoms with E-state index in [0.29, 0.717) is 6.61 Å². The summed E-state index contributed by atoms with van der Waals surface area (Å²) in [4.78, 5) is 0. The molecule has 0 aliphatic heterocycles. The highest BCUT2D eigenvalue weighted by Gasteiger charge is 2.18. The van der Waals surface area contributed by atoms with Gasteiger partial charge in [-0.3, -0.25) is 0 Å². The van der Waals surface area contributed by atoms with E-state index in [-0.39, 0.29) is 5.41 Å². The van der Waals surface area contributed by atoms with Crippen molar-refractivity contribution in [1.82, 2.24) is 0 Å². The zero-order valence-corrected chi connectivity index (χ0v) is 10.2. The first-order valence-corrected chi connectivity index (χ1v) is 5.53. The molecule has 0 heterocycles. The Morgan fingerprint density at radius 3 is 2.44 bits per heavy atom. The molecule has 16 heavy (non-hydrogen) atoms. The predicted octanol–water partition coefficient (Wildman–Crippen LogP) is 3.03. The summed E-state index contributed by atoms with van der Waals surface area (Å²) in [5.41, 5.74) is -0.122. The van der Waals surface area contributed by atoms with Crippen LogP contribution >= 0.6 is 0 Å². The second kappa shape index (κ2) is 5.71. The van der Waals surface area contributed by atoms with Crippen molar-refractivity contribution in [3.8, 4) is 5.75 Å². The number of aliphatic hydroxyl groups is 1. The van der Waals surface area contributed by atoms with E-state index in [4.69, 9.17) is 4.74 Å². The molecule has 0 saturated carbocycles. The average molecular weight is 220 g/mol. The van der Waals surface area contributed by atoms with Gasteiger partial charge >= 0.3 is 0 Å². The van der Waals surface area contributed by atoms with E-state index < -0.39 is 6.10 Å². The van der Waals surface area contributed by atoms with Crippen LogP contribution in [0.2, 0.25) is 0 Å². The Morgan fingerprint density at radius 1 is 1.25 bits per heavy atom. The number of hydrogen-bond donors (Lipinski definition) is 1. The lowest BCUT2D eigenvalue weighted by Gasteiger charge is -2.22. The third-order valence-corrected chi connectivity index (χ3v) is 2.30. The smallest absolute Gasteiger partial charge is 0.119 e. The lowest BCUT2D eigenvalue weighted by atomic mass is 9.89. The lowest BCUT2D eigenvalue weighted by Crippen LogP contribution is -2.23. The van der Waals surface area contributed by atoms with Gasteiger partial charge in [0.2, 0.25) is 0 Å². The maximum atomic E-state index is 9.74. The third-order valence-electron chi connectivity index (χ3n) is 2.30. The van der Waals surface area contributed by atoms with E-state index in [1.165, 1.54) is 0 Å². The van der Waals surface area contributed by atoms with Gasteiger partial charge in [-0.05, 0) is 23.6 Å². The quantitative estimate of drug-likeness (QED) is 0.790. The van der Waals surface area contributed by atoms with Crippen LogP contribution in [0.1, 0.15) is 20.8 Å². The van der Waals surface area contributed by atoms with Gasteiger partial charge in [0.15, 0.2) is 0 Å². The van der Waals surface area contributed by atoms with Crippen LogP contribution in [0.5, 0.6) is 5.75 Å². The molecule has 1 aromatic carbocycles. The van der Waals surface area contributed by atoms with Crippen molar-refractivity contribution in [1.29, 1.82) is 0 Å². The van der Waals surface area contributed by atoms with E-state index in [0.717, 1.165) is 5.75 Å². The van der Waals surface area contributed by atoms with Crippen LogP contribution < -0.4 is 4.74 Å². The lowest BCUT2D eigenvalue weighted by molar-refractivity contribution is 0.105. The van der Waals surface area contributed by atoms with Gasteiger partial charge in [0.25, 0.3) is 0 Å². The van der Waals surface area contributed by atoms with Crippen molar-refractivity contribution in [2.24, 2.45) is 5.41 Å². The number of aliphatic hydroxyl groups excluding tert-OH is 1. The van der Waals surface area contributed by atoms with Gasteiger partial charge in [0, 0.05) is 0 Å². The van der Waals surface area contributed by atoms with Crippen molar-refractivity contribution in [3.63, 3.8) is 0 Å². The second-order valence-corrected chi connectivity index (χ2v) is 4.86. The van der Waals surface area contributed by atoms with Crippen LogP contribution in [0, 0.1) is 5.41 Å². The summed E-state index contributed by atoms with van der Waals surface area (Å²) in [5, 5.41) is 9.74. The van der Waals surface area contributed by atoms with Gasteiger partial charge in [-0.25, -0.2) is 0 Å². The molecule has 2 heteroatoms. The second-order valence-electron chi connectivity index (χ2n) is 4.86. The fourth-order valence-electron chi connectivity index (χ4n) is 1.13. The number of benzene rings is 1. The van der Waals surface area contributed by atoms with Crippen LogP contribution in [0.3, 0.4) is 0 Å². The van der Waals surface area contributed by atoms with Crippen molar-refractivity contribution in [2.75, 3.05) is 6.61 Å². The summed E-state index contributed by atoms with van der Waals surface area (Å²) in [6.07, 6.45) is 3.19. The monoisotopic (exact) mass is 220 g/mol. The highest BCUT2D eigenvalue weighted by Crippen LogP contribution is 2.19. The SMILES string of the molecule is CC(C)(C)C(O)/C=C\COc1ccccc1. The van der Waals surface area contributed by atoms with E-state index in [2.05, 4.69) is 0 Å². The Balaban J connectivity index is 2.34. The first kappa shape index (κ1) is 12.8. The largest absolute Gasteiger partial charge is 0.490 e. The molecule has 0 aromatic heterocycles. The number of ether oxygens (including phenoxy) is 1. The average Bonchev–Trinajstić information content (AvgIpc) is 2.24. The molecule has 1 aromatic rings. The van der Waals surface area contributed by atoms with Crippen LogP contribution in [-0.2, 0) is 0 Å². The molecule has 0 spiro atoms. The number of para-hydroxylation sites is 1. The van der Waals surface area contributed by atoms with E-state index in [1.54, 1.807) is 6.08 Å². The van der Waals surface area contributed by atoms with Crippen LogP contribution in [0.25, 0.3) is 0 Å². The summed E-state index contributed by atoms with van der Waals surface area (Å²) in [6, 6.07) is 9.64. The van der Waals surface area contributed by atoms with Gasteiger partial charge in [-0.15, -0.1) is 0 Å². The Bertz CT molecular complexity index is 322. The molecule has 1 atom stereocenters. The van der Waals surface area contributed by atoms with Gasteiger partial charge in [0.05, 0.1) is 6.10 Å². The first-order chi connectivity index (χ1) is 7.50. The molecule has 0 aliphatic carbocycles. The summed E-state index contributed by atoms with van der Waals surface area (Å²) in [5.74, 6) is 0.845. The highest BCUT2D eigenvalue weighted by molar-refractivity contribution is 5.21. The molecule has 0 fully saturated rings. The molecular weight excluding hydrogens is 200 g/mol. The normalized spacial score (nSPS) is 14.0. The van der Waals surface area contributed by atoms with Gasteiger partial charge in [-0.2, -0.15) is 0 Å². The minimum Gasteiger partial charge on any atom is -0.490 e. The van der Waals surface area contributed by atoms with E-state index in [1.807, 2.05) is 57.2 Å². The molecular formula is C14H20O2. The summed E-state index contributed by atoms with van der Waals surface area (Å²) >= 11 is 0. The van der Waals surface area contributed by atoms with Crippen molar-refractivity contribution < 1.29 is 9.84 Å². The topological polar surface area (TPSA) is 29.5 Å². The van der Waals surface area contributed by atoms with Gasteiger partial charge < -0.3 is 9.84 Å². The van der Waals surface area contributed by atoms with Crippen LogP contribution in [0.4, 0.5) is 0 Å². The number of rotatable bonds is 4. The molecule has 1 rings (SSSR count). The molecule has 0 saturated heterocycles. The van der Waals surface area contributed by atoms with Crippen LogP contribution in [0.15, 0.2) is 42.5 Å². The Labute approximate surface area is 97.6 Å². The number of hydrogen-bond acceptors (Lipinski definition) is 2. The fraction of sp³-hybridized carbons (Fsp3) is 0.429. The zero-order valence-electron chi connectivity index (χ0n) is 10.2. The molecule has 0 amide bonds. The third kappa shape index (κ3) is 4.49. The Kier molecular flexibility index (Phi) is 4.56. The van der Waals surface area contributed by atoms with Gasteiger partial charge in [-0.1, -0.05) is 45.0 Å². The molecule has 2 nitrogen and oxygen atoms in total. The van der Waals surface area contributed by atoms with E-state index in [9.17, 15) is 5.11 Å². The van der Waals surface area contributed by atoms with E-state index >= 15 is 0 Å². The first-order valence-electron chi connectivity index (χ1n) is 5.53. The molecule has 88 valence electrons. The molecule has 0 radical (unpaired) electrons. The van der Waals surface area contributed by atoms with Crippen molar-refractivity contribution in [3.05, 3.63) is 42.5 Å². The molecule has 1 N–H and O–H groups in total. The maximum Gasteiger partial charge on any atom is 0.119 e. The zero-order chi connectivity index (χ0) is 12.0. The Hall–Kier alpha value is -1.28. The molecule has 0 bridgehead atoms. The highest BCUT2D eigenvalue weighted by atomic mass is 16.5. The fourth-order valence-corrected chi connectivity index (χ4v) is 1.13. The summed E-state index contributed by atoms with van der Waals surface area (Å²) in [7, 11) is 0. The molecule has 1 unspecified atom stereocenters. The Morgan fingerprint density at radius 2 is 1.88 bits per heavy atom. The minimum absolute atomic E-state index is 0.122.